The maximum Gasteiger partial charge on any atom is 0.182 e. The van der Waals surface area contributed by atoms with Gasteiger partial charge in [0.05, 0.1) is 9.15 Å². The van der Waals surface area contributed by atoms with Crippen LogP contribution in [0.4, 0.5) is 0 Å². The van der Waals surface area contributed by atoms with Gasteiger partial charge in [0.15, 0.2) is 11.8 Å². The molecule has 2 unspecified atom stereocenters. The van der Waals surface area contributed by atoms with Crippen molar-refractivity contribution >= 4 is 49.2 Å². The van der Waals surface area contributed by atoms with E-state index in [9.17, 15) is 0 Å². The maximum atomic E-state index is 6.24. The van der Waals surface area contributed by atoms with Crippen LogP contribution in [0.25, 0.3) is 16.7 Å². The molecule has 0 spiro atoms. The number of aliphatic imine (C=N–C) groups is 2. The molecule has 4 nitrogen and oxygen atoms in total. The van der Waals surface area contributed by atoms with E-state index in [2.05, 4.69) is 152 Å². The average molecular weight is 818 g/mol. The summed E-state index contributed by atoms with van der Waals surface area (Å²) >= 11 is 7.88. The van der Waals surface area contributed by atoms with Crippen molar-refractivity contribution in [3.63, 3.8) is 0 Å². The SMILES string of the molecule is Cc1ccccc1C1=CC(Br)C(C)(Br)C(C2=N[C@](C)(C[C@]3(C)[CH-]OC(c4cc(-c5ccccc5C)ccc4C)=N3)[CH-]O2)=C1.[Ni].[Ni]. The molecular formula is C37H36Br2N2Ni2O2-2. The van der Waals surface area contributed by atoms with E-state index in [4.69, 9.17) is 19.5 Å². The molecule has 2 aliphatic heterocycles. The number of hydrogen-bond donors (Lipinski definition) is 0. The zero-order chi connectivity index (χ0) is 30.6. The number of alkyl halides is 2. The summed E-state index contributed by atoms with van der Waals surface area (Å²) in [6.45, 7) is 16.4. The van der Waals surface area contributed by atoms with Crippen LogP contribution >= 0.6 is 31.9 Å². The first-order valence-electron chi connectivity index (χ1n) is 14.6. The van der Waals surface area contributed by atoms with Crippen molar-refractivity contribution in [2.75, 3.05) is 0 Å². The third kappa shape index (κ3) is 7.15. The number of rotatable bonds is 6. The fourth-order valence-corrected chi connectivity index (χ4v) is 7.08. The van der Waals surface area contributed by atoms with E-state index in [1.165, 1.54) is 22.3 Å². The van der Waals surface area contributed by atoms with Gasteiger partial charge in [-0.1, -0.05) is 119 Å². The van der Waals surface area contributed by atoms with Gasteiger partial charge in [0.2, 0.25) is 0 Å². The van der Waals surface area contributed by atoms with Crippen LogP contribution in [0.1, 0.15) is 55.0 Å². The molecule has 6 rings (SSSR count). The smallest absolute Gasteiger partial charge is 0.182 e. The predicted molar refractivity (Wildman–Crippen MR) is 185 cm³/mol. The van der Waals surface area contributed by atoms with E-state index >= 15 is 0 Å². The van der Waals surface area contributed by atoms with Crippen LogP contribution in [0.15, 0.2) is 94.4 Å². The molecule has 242 valence electrons. The number of hydrogen-bond acceptors (Lipinski definition) is 4. The molecule has 45 heavy (non-hydrogen) atoms. The molecular weight excluding hydrogens is 782 g/mol. The molecule has 0 bridgehead atoms. The second-order valence-electron chi connectivity index (χ2n) is 12.5. The second-order valence-corrected chi connectivity index (χ2v) is 15.1. The minimum absolute atomic E-state index is 0. The van der Waals surface area contributed by atoms with Gasteiger partial charge in [0, 0.05) is 44.1 Å². The molecule has 0 saturated heterocycles. The van der Waals surface area contributed by atoms with Gasteiger partial charge in [0.25, 0.3) is 0 Å². The predicted octanol–water partition coefficient (Wildman–Crippen LogP) is 9.65. The molecule has 3 aromatic rings. The van der Waals surface area contributed by atoms with Gasteiger partial charge in [-0.2, -0.15) is 0 Å². The first kappa shape index (κ1) is 35.9. The molecule has 3 aromatic carbocycles. The summed E-state index contributed by atoms with van der Waals surface area (Å²) in [4.78, 5) is 10.3. The standard InChI is InChI=1S/C37H36Br2N2O2.2Ni/c1-23-11-7-9-13-28(23)26-16-15-25(3)30(17-26)33-40-35(4,21-42-33)20-36(5)22-43-34(41-36)31-18-27(19-32(38)37(31,6)39)29-14-10-8-12-24(29)2;;/h7-19,21-22,32H,20H2,1-6H3;;/q-2;;/t32?,35-,36-,37?;;/m1../s1. The van der Waals surface area contributed by atoms with E-state index < -0.39 is 15.4 Å². The molecule has 0 fully saturated rings. The van der Waals surface area contributed by atoms with Crippen molar-refractivity contribution in [2.45, 2.75) is 68.2 Å². The van der Waals surface area contributed by atoms with Crippen LogP contribution in [0.2, 0.25) is 0 Å². The van der Waals surface area contributed by atoms with Crippen molar-refractivity contribution < 1.29 is 42.5 Å². The van der Waals surface area contributed by atoms with Crippen LogP contribution in [0, 0.1) is 34.0 Å². The summed E-state index contributed by atoms with van der Waals surface area (Å²) in [6.07, 6.45) is 5.05. The quantitative estimate of drug-likeness (QED) is 0.141. The number of benzene rings is 3. The zero-order valence-corrected chi connectivity index (χ0v) is 31.2. The van der Waals surface area contributed by atoms with E-state index in [0.717, 1.165) is 27.8 Å². The van der Waals surface area contributed by atoms with Crippen LogP contribution in [0.3, 0.4) is 0 Å². The fourth-order valence-electron chi connectivity index (χ4n) is 6.13. The summed E-state index contributed by atoms with van der Waals surface area (Å²) in [7, 11) is 0. The largest absolute Gasteiger partial charge is 0.647 e. The zero-order valence-electron chi connectivity index (χ0n) is 26.0. The molecule has 8 heteroatoms. The van der Waals surface area contributed by atoms with Crippen molar-refractivity contribution in [1.29, 1.82) is 0 Å². The topological polar surface area (TPSA) is 43.2 Å². The molecule has 4 atom stereocenters. The minimum atomic E-state index is -0.587. The van der Waals surface area contributed by atoms with Gasteiger partial charge in [-0.15, -0.1) is 13.2 Å². The Labute approximate surface area is 304 Å². The molecule has 2 heterocycles. The van der Waals surface area contributed by atoms with Gasteiger partial charge in [-0.3, -0.25) is 9.98 Å². The molecule has 0 amide bonds. The molecule has 3 aliphatic rings. The normalized spacial score (nSPS) is 27.2. The Balaban J connectivity index is 0.00000230. The minimum Gasteiger partial charge on any atom is -0.647 e. The summed E-state index contributed by atoms with van der Waals surface area (Å²) in [5.41, 5.74) is 9.14. The summed E-state index contributed by atoms with van der Waals surface area (Å²) < 4.78 is 12.0. The third-order valence-corrected chi connectivity index (χ3v) is 11.3. The van der Waals surface area contributed by atoms with Crippen LogP contribution in [-0.4, -0.2) is 32.0 Å². The summed E-state index contributed by atoms with van der Waals surface area (Å²) in [5, 5.41) is 0. The molecule has 0 aromatic heterocycles. The van der Waals surface area contributed by atoms with Crippen LogP contribution in [-0.2, 0) is 42.5 Å². The van der Waals surface area contributed by atoms with Crippen LogP contribution in [0.5, 0.6) is 0 Å². The fraction of sp³-hybridized carbons (Fsp3) is 0.297. The van der Waals surface area contributed by atoms with E-state index in [-0.39, 0.29) is 37.8 Å². The average Bonchev–Trinajstić information content (AvgIpc) is 3.53. The Morgan fingerprint density at radius 1 is 0.733 bits per heavy atom. The number of ether oxygens (including phenoxy) is 2. The van der Waals surface area contributed by atoms with E-state index in [0.29, 0.717) is 18.2 Å². The first-order chi connectivity index (χ1) is 20.4. The van der Waals surface area contributed by atoms with Crippen LogP contribution < -0.4 is 0 Å². The number of nitrogens with zero attached hydrogens (tertiary/aromatic N) is 2. The summed E-state index contributed by atoms with van der Waals surface area (Å²) in [6, 6.07) is 23.4. The Kier molecular flexibility index (Phi) is 10.9. The Bertz CT molecular complexity index is 1730. The molecule has 0 radical (unpaired) electrons. The second kappa shape index (κ2) is 13.6. The van der Waals surface area contributed by atoms with Crippen molar-refractivity contribution in [3.05, 3.63) is 125 Å². The summed E-state index contributed by atoms with van der Waals surface area (Å²) in [5.74, 6) is 1.26. The van der Waals surface area contributed by atoms with Crippen molar-refractivity contribution in [2.24, 2.45) is 9.98 Å². The van der Waals surface area contributed by atoms with E-state index in [1.54, 1.807) is 0 Å². The Hall–Kier alpha value is -1.97. The monoisotopic (exact) mass is 814 g/mol. The van der Waals surface area contributed by atoms with Gasteiger partial charge < -0.3 is 9.47 Å². The molecule has 1 aliphatic carbocycles. The Morgan fingerprint density at radius 3 is 1.89 bits per heavy atom. The van der Waals surface area contributed by atoms with Crippen molar-refractivity contribution in [3.8, 4) is 11.1 Å². The molecule has 0 saturated carbocycles. The molecule has 0 N–H and O–H groups in total. The number of aryl methyl sites for hydroxylation is 3. The van der Waals surface area contributed by atoms with Gasteiger partial charge in [-0.05, 0) is 89.9 Å². The maximum absolute atomic E-state index is 6.24. The Morgan fingerprint density at radius 2 is 1.27 bits per heavy atom. The number of halogens is 2. The van der Waals surface area contributed by atoms with Gasteiger partial charge >= 0.3 is 0 Å². The van der Waals surface area contributed by atoms with Gasteiger partial charge in [0.1, 0.15) is 0 Å². The van der Waals surface area contributed by atoms with Gasteiger partial charge in [-0.25, -0.2) is 0 Å². The first-order valence-corrected chi connectivity index (χ1v) is 16.3. The third-order valence-electron chi connectivity index (χ3n) is 8.56. The van der Waals surface area contributed by atoms with Crippen molar-refractivity contribution in [1.82, 2.24) is 0 Å². The van der Waals surface area contributed by atoms with E-state index in [1.807, 2.05) is 13.2 Å². The number of allylic oxidation sites excluding steroid dienone is 3.